The SMILES string of the molecule is Cc1ccc(CN2C(=O)/C(=c3\sc4nc(-c5ccc(F)cc5)nn4c3=O)c3ccccc32)cc1. The van der Waals surface area contributed by atoms with Crippen molar-refractivity contribution in [3.05, 3.63) is 110 Å². The first-order valence-electron chi connectivity index (χ1n) is 10.7. The number of hydrogen-bond acceptors (Lipinski definition) is 5. The molecule has 0 saturated carbocycles. The molecule has 1 aliphatic rings. The van der Waals surface area contributed by atoms with Crippen LogP contribution >= 0.6 is 11.3 Å². The number of rotatable bonds is 3. The average molecular weight is 469 g/mol. The molecule has 0 unspecified atom stereocenters. The Balaban J connectivity index is 1.48. The maximum absolute atomic E-state index is 13.6. The highest BCUT2D eigenvalue weighted by atomic mass is 32.1. The Kier molecular flexibility index (Phi) is 4.63. The van der Waals surface area contributed by atoms with E-state index in [1.165, 1.54) is 16.6 Å². The molecule has 0 radical (unpaired) electrons. The van der Waals surface area contributed by atoms with Gasteiger partial charge in [0.05, 0.1) is 17.8 Å². The summed E-state index contributed by atoms with van der Waals surface area (Å²) >= 11 is 1.14. The third-order valence-corrected chi connectivity index (χ3v) is 6.90. The van der Waals surface area contributed by atoms with Gasteiger partial charge in [-0.25, -0.2) is 4.39 Å². The van der Waals surface area contributed by atoms with Crippen LogP contribution in [0.15, 0.2) is 77.6 Å². The summed E-state index contributed by atoms with van der Waals surface area (Å²) in [6.07, 6.45) is 0. The maximum atomic E-state index is 13.6. The summed E-state index contributed by atoms with van der Waals surface area (Å²) < 4.78 is 14.8. The number of aromatic nitrogens is 3. The molecule has 34 heavy (non-hydrogen) atoms. The van der Waals surface area contributed by atoms with E-state index in [4.69, 9.17) is 0 Å². The first-order chi connectivity index (χ1) is 16.5. The van der Waals surface area contributed by atoms with Gasteiger partial charge in [0.15, 0.2) is 5.82 Å². The Morgan fingerprint density at radius 1 is 0.941 bits per heavy atom. The zero-order valence-electron chi connectivity index (χ0n) is 18.0. The van der Waals surface area contributed by atoms with Crippen molar-refractivity contribution in [2.75, 3.05) is 4.90 Å². The lowest BCUT2D eigenvalue weighted by Crippen LogP contribution is -2.32. The largest absolute Gasteiger partial charge is 0.303 e. The lowest BCUT2D eigenvalue weighted by molar-refractivity contribution is -0.113. The number of para-hydroxylation sites is 1. The van der Waals surface area contributed by atoms with Gasteiger partial charge in [0.1, 0.15) is 10.3 Å². The van der Waals surface area contributed by atoms with Crippen molar-refractivity contribution in [1.29, 1.82) is 0 Å². The fourth-order valence-corrected chi connectivity index (χ4v) is 5.14. The van der Waals surface area contributed by atoms with Crippen LogP contribution in [0.1, 0.15) is 16.7 Å². The number of hydrogen-bond donors (Lipinski definition) is 0. The molecular weight excluding hydrogens is 451 g/mol. The minimum atomic E-state index is -0.392. The molecule has 3 aromatic carbocycles. The molecule has 6 rings (SSSR count). The number of amides is 1. The van der Waals surface area contributed by atoms with Gasteiger partial charge >= 0.3 is 0 Å². The van der Waals surface area contributed by atoms with E-state index in [1.807, 2.05) is 55.5 Å². The lowest BCUT2D eigenvalue weighted by atomic mass is 10.1. The van der Waals surface area contributed by atoms with Gasteiger partial charge in [-0.3, -0.25) is 9.59 Å². The second kappa shape index (κ2) is 7.71. The number of carbonyl (C=O) groups excluding carboxylic acids is 1. The molecular formula is C26H17FN4O2S. The van der Waals surface area contributed by atoms with Crippen LogP contribution in [0.3, 0.4) is 0 Å². The summed E-state index contributed by atoms with van der Waals surface area (Å²) in [5.41, 5.74) is 4.23. The minimum Gasteiger partial charge on any atom is -0.303 e. The van der Waals surface area contributed by atoms with E-state index in [-0.39, 0.29) is 11.7 Å². The molecule has 166 valence electrons. The standard InChI is InChI=1S/C26H17FN4O2S/c1-15-6-8-16(9-7-15)14-30-20-5-3-2-4-19(20)21(24(30)32)22-25(33)31-26(34-22)28-23(29-31)17-10-12-18(27)13-11-17/h2-13H,14H2,1H3/b22-21-. The van der Waals surface area contributed by atoms with E-state index >= 15 is 0 Å². The molecule has 3 heterocycles. The molecule has 1 amide bonds. The highest BCUT2D eigenvalue weighted by molar-refractivity contribution is 7.15. The highest BCUT2D eigenvalue weighted by Gasteiger charge is 2.34. The number of thiazole rings is 1. The monoisotopic (exact) mass is 468 g/mol. The summed E-state index contributed by atoms with van der Waals surface area (Å²) in [5, 5.41) is 4.32. The highest BCUT2D eigenvalue weighted by Crippen LogP contribution is 2.36. The number of aryl methyl sites for hydroxylation is 1. The van der Waals surface area contributed by atoms with Crippen LogP contribution in [0.5, 0.6) is 0 Å². The van der Waals surface area contributed by atoms with Crippen molar-refractivity contribution >= 4 is 33.5 Å². The van der Waals surface area contributed by atoms with Gasteiger partial charge < -0.3 is 4.90 Å². The quantitative estimate of drug-likeness (QED) is 0.405. The van der Waals surface area contributed by atoms with Gasteiger partial charge in [0.2, 0.25) is 4.96 Å². The zero-order valence-corrected chi connectivity index (χ0v) is 18.8. The molecule has 5 aromatic rings. The van der Waals surface area contributed by atoms with Gasteiger partial charge in [0.25, 0.3) is 11.5 Å². The van der Waals surface area contributed by atoms with Crippen molar-refractivity contribution in [2.24, 2.45) is 0 Å². The Morgan fingerprint density at radius 3 is 2.41 bits per heavy atom. The van der Waals surface area contributed by atoms with Crippen LogP contribution in [0.25, 0.3) is 21.9 Å². The van der Waals surface area contributed by atoms with Crippen LogP contribution in [0.2, 0.25) is 0 Å². The Morgan fingerprint density at radius 2 is 1.68 bits per heavy atom. The smallest absolute Gasteiger partial charge is 0.291 e. The van der Waals surface area contributed by atoms with Crippen molar-refractivity contribution in [3.8, 4) is 11.4 Å². The van der Waals surface area contributed by atoms with Gasteiger partial charge in [-0.2, -0.15) is 9.50 Å². The number of nitrogens with zero attached hydrogens (tertiary/aromatic N) is 4. The molecule has 0 N–H and O–H groups in total. The van der Waals surface area contributed by atoms with Crippen LogP contribution in [-0.2, 0) is 11.3 Å². The Hall–Kier alpha value is -4.17. The lowest BCUT2D eigenvalue weighted by Gasteiger charge is -2.17. The topological polar surface area (TPSA) is 67.6 Å². The number of anilines is 1. The third kappa shape index (κ3) is 3.22. The Bertz CT molecular complexity index is 1690. The Labute approximate surface area is 197 Å². The summed E-state index contributed by atoms with van der Waals surface area (Å²) in [7, 11) is 0. The first kappa shape index (κ1) is 20.4. The fraction of sp³-hybridized carbons (Fsp3) is 0.0769. The summed E-state index contributed by atoms with van der Waals surface area (Å²) in [6, 6.07) is 21.3. The molecule has 8 heteroatoms. The van der Waals surface area contributed by atoms with Crippen LogP contribution in [-0.4, -0.2) is 20.5 Å². The maximum Gasteiger partial charge on any atom is 0.291 e. The molecule has 6 nitrogen and oxygen atoms in total. The minimum absolute atomic E-state index is 0.220. The van der Waals surface area contributed by atoms with Gasteiger partial charge in [0, 0.05) is 11.1 Å². The molecule has 0 aliphatic carbocycles. The van der Waals surface area contributed by atoms with Crippen molar-refractivity contribution in [2.45, 2.75) is 13.5 Å². The van der Waals surface area contributed by atoms with Crippen molar-refractivity contribution in [1.82, 2.24) is 14.6 Å². The predicted octanol–water partition coefficient (Wildman–Crippen LogP) is 3.73. The summed E-state index contributed by atoms with van der Waals surface area (Å²) in [4.78, 5) is 33.4. The number of halogens is 1. The van der Waals surface area contributed by atoms with E-state index in [0.29, 0.717) is 33.0 Å². The fourth-order valence-electron chi connectivity index (χ4n) is 4.14. The summed E-state index contributed by atoms with van der Waals surface area (Å²) in [5.74, 6) is -0.247. The van der Waals surface area contributed by atoms with E-state index in [0.717, 1.165) is 33.7 Å². The van der Waals surface area contributed by atoms with Crippen LogP contribution in [0.4, 0.5) is 10.1 Å². The predicted molar refractivity (Wildman–Crippen MR) is 129 cm³/mol. The number of benzene rings is 3. The molecule has 0 bridgehead atoms. The van der Waals surface area contributed by atoms with E-state index < -0.39 is 5.56 Å². The zero-order chi connectivity index (χ0) is 23.4. The molecule has 0 atom stereocenters. The molecule has 0 spiro atoms. The van der Waals surface area contributed by atoms with E-state index in [1.54, 1.807) is 17.0 Å². The van der Waals surface area contributed by atoms with Crippen molar-refractivity contribution < 1.29 is 9.18 Å². The molecule has 2 aromatic heterocycles. The molecule has 0 saturated heterocycles. The summed E-state index contributed by atoms with van der Waals surface area (Å²) in [6.45, 7) is 2.42. The second-order valence-corrected chi connectivity index (χ2v) is 9.12. The van der Waals surface area contributed by atoms with E-state index in [2.05, 4.69) is 10.1 Å². The van der Waals surface area contributed by atoms with Crippen LogP contribution < -0.4 is 15.0 Å². The van der Waals surface area contributed by atoms with Gasteiger partial charge in [-0.1, -0.05) is 59.4 Å². The first-order valence-corrected chi connectivity index (χ1v) is 11.5. The van der Waals surface area contributed by atoms with Gasteiger partial charge in [-0.15, -0.1) is 5.10 Å². The molecule has 1 aliphatic heterocycles. The average Bonchev–Trinajstić information content (AvgIpc) is 3.47. The normalized spacial score (nSPS) is 14.8. The van der Waals surface area contributed by atoms with Crippen molar-refractivity contribution in [3.63, 3.8) is 0 Å². The van der Waals surface area contributed by atoms with E-state index in [9.17, 15) is 14.0 Å². The molecule has 0 fully saturated rings. The third-order valence-electron chi connectivity index (χ3n) is 5.87. The van der Waals surface area contributed by atoms with Gasteiger partial charge in [-0.05, 0) is 42.8 Å². The second-order valence-electron chi connectivity index (χ2n) is 8.14. The number of fused-ring (bicyclic) bond motifs is 2. The van der Waals surface area contributed by atoms with Crippen LogP contribution in [0, 0.1) is 12.7 Å². The number of carbonyl (C=O) groups is 1.